The number of anilines is 1. The van der Waals surface area contributed by atoms with Crippen LogP contribution in [-0.4, -0.2) is 36.1 Å². The minimum atomic E-state index is 0.428. The Morgan fingerprint density at radius 3 is 2.59 bits per heavy atom. The van der Waals surface area contributed by atoms with Gasteiger partial charge < -0.3 is 9.64 Å². The monoisotopic (exact) mass is 303 g/mol. The molecule has 0 atom stereocenters. The molecule has 0 fully saturated rings. The Balaban J connectivity index is 3.08. The lowest BCUT2D eigenvalue weighted by atomic mass is 10.2. The standard InChI is InChI=1S/C12H22BrN3O/c1-9(2)16(6-7-17-5)12-11(8-13)10(3)14-15(12)4/h9H,6-8H2,1-5H3. The number of aryl methyl sites for hydroxylation is 2. The third-order valence-corrected chi connectivity index (χ3v) is 3.44. The molecular weight excluding hydrogens is 282 g/mol. The quantitative estimate of drug-likeness (QED) is 0.756. The summed E-state index contributed by atoms with van der Waals surface area (Å²) >= 11 is 3.55. The molecule has 0 bridgehead atoms. The predicted octanol–water partition coefficient (Wildman–Crippen LogP) is 2.48. The Labute approximate surface area is 112 Å². The van der Waals surface area contributed by atoms with Crippen LogP contribution in [-0.2, 0) is 17.1 Å². The third-order valence-electron chi connectivity index (χ3n) is 2.88. The SMILES string of the molecule is COCCN(c1c(CBr)c(C)nn1C)C(C)C. The number of alkyl halides is 1. The highest BCUT2D eigenvalue weighted by Crippen LogP contribution is 2.26. The van der Waals surface area contributed by atoms with Crippen LogP contribution in [0.3, 0.4) is 0 Å². The third kappa shape index (κ3) is 3.22. The fourth-order valence-electron chi connectivity index (χ4n) is 2.00. The number of hydrogen-bond acceptors (Lipinski definition) is 3. The largest absolute Gasteiger partial charge is 0.383 e. The maximum atomic E-state index is 5.18. The first-order chi connectivity index (χ1) is 8.02. The second-order valence-corrected chi connectivity index (χ2v) is 4.99. The van der Waals surface area contributed by atoms with E-state index in [0.29, 0.717) is 6.04 Å². The van der Waals surface area contributed by atoms with E-state index in [1.165, 1.54) is 11.4 Å². The van der Waals surface area contributed by atoms with Crippen LogP contribution < -0.4 is 4.90 Å². The molecule has 1 aromatic heterocycles. The van der Waals surface area contributed by atoms with Crippen molar-refractivity contribution in [1.29, 1.82) is 0 Å². The summed E-state index contributed by atoms with van der Waals surface area (Å²) < 4.78 is 7.14. The molecule has 5 heteroatoms. The molecule has 0 spiro atoms. The van der Waals surface area contributed by atoms with Crippen LogP contribution in [0.5, 0.6) is 0 Å². The number of nitrogens with zero attached hydrogens (tertiary/aromatic N) is 3. The van der Waals surface area contributed by atoms with E-state index >= 15 is 0 Å². The van der Waals surface area contributed by atoms with Gasteiger partial charge in [-0.1, -0.05) is 15.9 Å². The molecule has 0 unspecified atom stereocenters. The average molecular weight is 304 g/mol. The van der Waals surface area contributed by atoms with Crippen molar-refractivity contribution < 1.29 is 4.74 Å². The molecule has 0 radical (unpaired) electrons. The Morgan fingerprint density at radius 2 is 2.12 bits per heavy atom. The van der Waals surface area contributed by atoms with Gasteiger partial charge >= 0.3 is 0 Å². The maximum absolute atomic E-state index is 5.18. The van der Waals surface area contributed by atoms with Gasteiger partial charge in [-0.05, 0) is 20.8 Å². The Bertz CT molecular complexity index is 363. The van der Waals surface area contributed by atoms with Gasteiger partial charge in [-0.15, -0.1) is 0 Å². The van der Waals surface area contributed by atoms with Crippen molar-refractivity contribution >= 4 is 21.7 Å². The number of aromatic nitrogens is 2. The van der Waals surface area contributed by atoms with Crippen LogP contribution in [0.2, 0.25) is 0 Å². The number of hydrogen-bond donors (Lipinski definition) is 0. The highest BCUT2D eigenvalue weighted by molar-refractivity contribution is 9.08. The van der Waals surface area contributed by atoms with Crippen molar-refractivity contribution in [3.8, 4) is 0 Å². The normalized spacial score (nSPS) is 11.2. The van der Waals surface area contributed by atoms with E-state index in [-0.39, 0.29) is 0 Å². The molecule has 1 aromatic rings. The molecule has 0 amide bonds. The number of halogens is 1. The van der Waals surface area contributed by atoms with Crippen molar-refractivity contribution in [2.45, 2.75) is 32.1 Å². The maximum Gasteiger partial charge on any atom is 0.131 e. The molecule has 0 aliphatic carbocycles. The van der Waals surface area contributed by atoms with Gasteiger partial charge in [0.15, 0.2) is 0 Å². The van der Waals surface area contributed by atoms with Crippen LogP contribution in [0.1, 0.15) is 25.1 Å². The van der Waals surface area contributed by atoms with Gasteiger partial charge in [0.2, 0.25) is 0 Å². The van der Waals surface area contributed by atoms with Crippen LogP contribution in [0, 0.1) is 6.92 Å². The Kier molecular flexibility index (Phi) is 5.46. The van der Waals surface area contributed by atoms with Crippen molar-refractivity contribution in [2.24, 2.45) is 7.05 Å². The molecule has 1 heterocycles. The molecule has 0 aliphatic heterocycles. The van der Waals surface area contributed by atoms with Gasteiger partial charge in [-0.25, -0.2) is 0 Å². The van der Waals surface area contributed by atoms with E-state index in [1.807, 2.05) is 11.7 Å². The van der Waals surface area contributed by atoms with Crippen molar-refractivity contribution in [1.82, 2.24) is 9.78 Å². The fourth-order valence-corrected chi connectivity index (χ4v) is 2.66. The molecule has 1 rings (SSSR count). The number of ether oxygens (including phenoxy) is 1. The second-order valence-electron chi connectivity index (χ2n) is 4.42. The van der Waals surface area contributed by atoms with Crippen LogP contribution >= 0.6 is 15.9 Å². The minimum Gasteiger partial charge on any atom is -0.383 e. The van der Waals surface area contributed by atoms with Crippen molar-refractivity contribution in [3.63, 3.8) is 0 Å². The average Bonchev–Trinajstić information content (AvgIpc) is 2.54. The summed E-state index contributed by atoms with van der Waals surface area (Å²) in [5.74, 6) is 1.19. The lowest BCUT2D eigenvalue weighted by Crippen LogP contribution is -2.35. The summed E-state index contributed by atoms with van der Waals surface area (Å²) in [5, 5.41) is 5.33. The van der Waals surface area contributed by atoms with Gasteiger partial charge in [0, 0.05) is 37.6 Å². The predicted molar refractivity (Wildman–Crippen MR) is 74.9 cm³/mol. The van der Waals surface area contributed by atoms with Gasteiger partial charge in [0.25, 0.3) is 0 Å². The van der Waals surface area contributed by atoms with E-state index in [0.717, 1.165) is 24.2 Å². The smallest absolute Gasteiger partial charge is 0.131 e. The summed E-state index contributed by atoms with van der Waals surface area (Å²) in [4.78, 5) is 2.33. The van der Waals surface area contributed by atoms with E-state index in [4.69, 9.17) is 4.74 Å². The van der Waals surface area contributed by atoms with E-state index in [1.54, 1.807) is 7.11 Å². The highest BCUT2D eigenvalue weighted by atomic mass is 79.9. The summed E-state index contributed by atoms with van der Waals surface area (Å²) in [5.41, 5.74) is 2.35. The molecular formula is C12H22BrN3O. The summed E-state index contributed by atoms with van der Waals surface area (Å²) in [7, 11) is 3.73. The van der Waals surface area contributed by atoms with E-state index in [2.05, 4.69) is 46.7 Å². The topological polar surface area (TPSA) is 30.3 Å². The molecule has 17 heavy (non-hydrogen) atoms. The van der Waals surface area contributed by atoms with Gasteiger partial charge in [-0.3, -0.25) is 4.68 Å². The zero-order chi connectivity index (χ0) is 13.0. The van der Waals surface area contributed by atoms with Crippen molar-refractivity contribution in [2.75, 3.05) is 25.2 Å². The van der Waals surface area contributed by atoms with Gasteiger partial charge in [0.1, 0.15) is 5.82 Å². The number of methoxy groups -OCH3 is 1. The fraction of sp³-hybridized carbons (Fsp3) is 0.750. The first-order valence-electron chi connectivity index (χ1n) is 5.86. The first kappa shape index (κ1) is 14.5. The van der Waals surface area contributed by atoms with E-state index < -0.39 is 0 Å². The molecule has 0 aromatic carbocycles. The second kappa shape index (κ2) is 6.40. The highest BCUT2D eigenvalue weighted by Gasteiger charge is 2.20. The molecule has 0 saturated heterocycles. The van der Waals surface area contributed by atoms with Gasteiger partial charge in [-0.2, -0.15) is 5.10 Å². The number of rotatable bonds is 6. The van der Waals surface area contributed by atoms with Crippen LogP contribution in [0.15, 0.2) is 0 Å². The lowest BCUT2D eigenvalue weighted by Gasteiger charge is -2.29. The molecule has 0 aliphatic rings. The van der Waals surface area contributed by atoms with E-state index in [9.17, 15) is 0 Å². The molecule has 4 nitrogen and oxygen atoms in total. The Morgan fingerprint density at radius 1 is 1.47 bits per heavy atom. The molecule has 0 N–H and O–H groups in total. The zero-order valence-corrected chi connectivity index (χ0v) is 12.9. The van der Waals surface area contributed by atoms with Crippen LogP contribution in [0.4, 0.5) is 5.82 Å². The summed E-state index contributed by atoms with van der Waals surface area (Å²) in [6.45, 7) is 8.04. The van der Waals surface area contributed by atoms with Gasteiger partial charge in [0.05, 0.1) is 12.3 Å². The summed E-state index contributed by atoms with van der Waals surface area (Å²) in [6.07, 6.45) is 0. The summed E-state index contributed by atoms with van der Waals surface area (Å²) in [6, 6.07) is 0.428. The minimum absolute atomic E-state index is 0.428. The Hall–Kier alpha value is -0.550. The molecule has 98 valence electrons. The first-order valence-corrected chi connectivity index (χ1v) is 6.99. The lowest BCUT2D eigenvalue weighted by molar-refractivity contribution is 0.203. The zero-order valence-electron chi connectivity index (χ0n) is 11.3. The molecule has 0 saturated carbocycles. The van der Waals surface area contributed by atoms with Crippen LogP contribution in [0.25, 0.3) is 0 Å². The van der Waals surface area contributed by atoms with Crippen molar-refractivity contribution in [3.05, 3.63) is 11.3 Å².